The third kappa shape index (κ3) is 4.69. The predicted molar refractivity (Wildman–Crippen MR) is 99.5 cm³/mol. The Kier molecular flexibility index (Phi) is 6.03. The molecule has 1 fully saturated rings. The maximum Gasteiger partial charge on any atom is 0.303 e. The topological polar surface area (TPSA) is 97.1 Å². The van der Waals surface area contributed by atoms with Gasteiger partial charge in [0.05, 0.1) is 11.4 Å². The largest absolute Gasteiger partial charge is 0.481 e. The molecule has 0 atom stereocenters. The Morgan fingerprint density at radius 3 is 2.58 bits per heavy atom. The first-order chi connectivity index (χ1) is 12.6. The van der Waals surface area contributed by atoms with Gasteiger partial charge in [-0.2, -0.15) is 0 Å². The maximum atomic E-state index is 12.5. The third-order valence-corrected chi connectivity index (χ3v) is 4.84. The number of hydrogen-bond donors (Lipinski definition) is 2. The van der Waals surface area contributed by atoms with Gasteiger partial charge in [-0.15, -0.1) is 5.10 Å². The van der Waals surface area contributed by atoms with Gasteiger partial charge in [-0.1, -0.05) is 27.6 Å². The molecule has 0 radical (unpaired) electrons. The van der Waals surface area contributed by atoms with Crippen molar-refractivity contribution in [1.82, 2.24) is 20.3 Å². The van der Waals surface area contributed by atoms with Crippen molar-refractivity contribution in [3.8, 4) is 5.69 Å². The Balaban J connectivity index is 1.63. The summed E-state index contributed by atoms with van der Waals surface area (Å²) in [4.78, 5) is 23.0. The molecular formula is C18H21BrN4O3. The highest BCUT2D eigenvalue weighted by molar-refractivity contribution is 9.10. The van der Waals surface area contributed by atoms with Crippen LogP contribution in [0.1, 0.15) is 60.6 Å². The zero-order valence-electron chi connectivity index (χ0n) is 14.3. The number of halogens is 1. The SMILES string of the molecule is O=C(O)CCCCCNC(=O)c1nnn(-c2ccc(Br)cc2)c1C1CC1. The van der Waals surface area contributed by atoms with Crippen molar-refractivity contribution in [2.75, 3.05) is 6.54 Å². The van der Waals surface area contributed by atoms with E-state index in [1.807, 2.05) is 24.3 Å². The minimum atomic E-state index is -0.785. The highest BCUT2D eigenvalue weighted by atomic mass is 79.9. The summed E-state index contributed by atoms with van der Waals surface area (Å²) in [5, 5.41) is 19.8. The van der Waals surface area contributed by atoms with Gasteiger partial charge in [0.2, 0.25) is 0 Å². The number of carboxylic acid groups (broad SMARTS) is 1. The lowest BCUT2D eigenvalue weighted by Crippen LogP contribution is -2.26. The molecule has 1 aliphatic carbocycles. The normalized spacial score (nSPS) is 13.6. The first kappa shape index (κ1) is 18.6. The molecule has 1 amide bonds. The molecular weight excluding hydrogens is 400 g/mol. The molecule has 1 saturated carbocycles. The summed E-state index contributed by atoms with van der Waals surface area (Å²) in [6, 6.07) is 7.75. The van der Waals surface area contributed by atoms with E-state index < -0.39 is 5.97 Å². The van der Waals surface area contributed by atoms with E-state index in [-0.39, 0.29) is 12.3 Å². The molecule has 138 valence electrons. The van der Waals surface area contributed by atoms with Gasteiger partial charge in [-0.05, 0) is 49.9 Å². The van der Waals surface area contributed by atoms with Crippen LogP contribution in [-0.4, -0.2) is 38.5 Å². The fraction of sp³-hybridized carbons (Fsp3) is 0.444. The number of carbonyl (C=O) groups is 2. The third-order valence-electron chi connectivity index (χ3n) is 4.31. The number of amides is 1. The van der Waals surface area contributed by atoms with Crippen molar-refractivity contribution in [3.05, 3.63) is 40.1 Å². The van der Waals surface area contributed by atoms with E-state index in [0.29, 0.717) is 24.6 Å². The molecule has 2 aromatic rings. The van der Waals surface area contributed by atoms with Gasteiger partial charge in [0.25, 0.3) is 5.91 Å². The summed E-state index contributed by atoms with van der Waals surface area (Å²) in [6.07, 6.45) is 4.39. The molecule has 1 aromatic carbocycles. The summed E-state index contributed by atoms with van der Waals surface area (Å²) in [5.74, 6) is -0.675. The van der Waals surface area contributed by atoms with Crippen molar-refractivity contribution >= 4 is 27.8 Å². The Morgan fingerprint density at radius 1 is 1.19 bits per heavy atom. The van der Waals surface area contributed by atoms with Crippen LogP contribution >= 0.6 is 15.9 Å². The molecule has 0 aliphatic heterocycles. The molecule has 7 nitrogen and oxygen atoms in total. The standard InChI is InChI=1S/C18H21BrN4O3/c19-13-7-9-14(10-8-13)23-17(12-5-6-12)16(21-22-23)18(26)20-11-3-1-2-4-15(24)25/h7-10,12H,1-6,11H2,(H,20,26)(H,24,25). The first-order valence-corrected chi connectivity index (χ1v) is 9.57. The lowest BCUT2D eigenvalue weighted by molar-refractivity contribution is -0.137. The molecule has 0 saturated heterocycles. The summed E-state index contributed by atoms with van der Waals surface area (Å²) in [5.41, 5.74) is 2.15. The molecule has 1 aliphatic rings. The van der Waals surface area contributed by atoms with Gasteiger partial charge < -0.3 is 10.4 Å². The minimum Gasteiger partial charge on any atom is -0.481 e. The Labute approximate surface area is 159 Å². The number of carbonyl (C=O) groups excluding carboxylic acids is 1. The number of carboxylic acids is 1. The van der Waals surface area contributed by atoms with E-state index in [4.69, 9.17) is 5.11 Å². The molecule has 0 unspecified atom stereocenters. The zero-order chi connectivity index (χ0) is 18.5. The van der Waals surface area contributed by atoms with Gasteiger partial charge >= 0.3 is 5.97 Å². The molecule has 26 heavy (non-hydrogen) atoms. The Morgan fingerprint density at radius 2 is 1.92 bits per heavy atom. The van der Waals surface area contributed by atoms with Crippen LogP contribution in [0.4, 0.5) is 0 Å². The van der Waals surface area contributed by atoms with Crippen molar-refractivity contribution in [3.63, 3.8) is 0 Å². The smallest absolute Gasteiger partial charge is 0.303 e. The summed E-state index contributed by atoms with van der Waals surface area (Å²) in [7, 11) is 0. The van der Waals surface area contributed by atoms with E-state index in [0.717, 1.165) is 41.5 Å². The maximum absolute atomic E-state index is 12.5. The van der Waals surface area contributed by atoms with Gasteiger partial charge in [-0.3, -0.25) is 9.59 Å². The number of rotatable bonds is 9. The van der Waals surface area contributed by atoms with Crippen molar-refractivity contribution in [1.29, 1.82) is 0 Å². The lowest BCUT2D eigenvalue weighted by atomic mass is 10.2. The van der Waals surface area contributed by atoms with Crippen LogP contribution in [-0.2, 0) is 4.79 Å². The molecule has 3 rings (SSSR count). The van der Waals surface area contributed by atoms with Crippen molar-refractivity contribution < 1.29 is 14.7 Å². The second-order valence-electron chi connectivity index (χ2n) is 6.45. The molecule has 2 N–H and O–H groups in total. The minimum absolute atomic E-state index is 0.168. The monoisotopic (exact) mass is 420 g/mol. The van der Waals surface area contributed by atoms with E-state index in [9.17, 15) is 9.59 Å². The highest BCUT2D eigenvalue weighted by Crippen LogP contribution is 2.42. The van der Waals surface area contributed by atoms with E-state index >= 15 is 0 Å². The van der Waals surface area contributed by atoms with Crippen LogP contribution in [0, 0.1) is 0 Å². The molecule has 1 aromatic heterocycles. The van der Waals surface area contributed by atoms with Crippen LogP contribution < -0.4 is 5.32 Å². The van der Waals surface area contributed by atoms with Crippen LogP contribution in [0.25, 0.3) is 5.69 Å². The van der Waals surface area contributed by atoms with E-state index in [1.165, 1.54) is 0 Å². The van der Waals surface area contributed by atoms with Crippen LogP contribution in [0.5, 0.6) is 0 Å². The predicted octanol–water partition coefficient (Wildman–Crippen LogP) is 3.28. The van der Waals surface area contributed by atoms with Gasteiger partial charge in [0, 0.05) is 23.4 Å². The van der Waals surface area contributed by atoms with Gasteiger partial charge in [-0.25, -0.2) is 4.68 Å². The first-order valence-electron chi connectivity index (χ1n) is 8.78. The summed E-state index contributed by atoms with van der Waals surface area (Å²) in [6.45, 7) is 0.508. The number of nitrogens with zero attached hydrogens (tertiary/aromatic N) is 3. The zero-order valence-corrected chi connectivity index (χ0v) is 15.9. The Hall–Kier alpha value is -2.22. The van der Waals surface area contributed by atoms with Crippen molar-refractivity contribution in [2.24, 2.45) is 0 Å². The van der Waals surface area contributed by atoms with Gasteiger partial charge in [0.15, 0.2) is 5.69 Å². The fourth-order valence-electron chi connectivity index (χ4n) is 2.81. The molecule has 1 heterocycles. The number of aliphatic carboxylic acids is 1. The summed E-state index contributed by atoms with van der Waals surface area (Å²) < 4.78 is 2.74. The quantitative estimate of drug-likeness (QED) is 0.606. The second-order valence-corrected chi connectivity index (χ2v) is 7.36. The second kappa shape index (κ2) is 8.44. The number of nitrogens with one attached hydrogen (secondary N) is 1. The average Bonchev–Trinajstić information content (AvgIpc) is 3.36. The van der Waals surface area contributed by atoms with Gasteiger partial charge in [0.1, 0.15) is 0 Å². The number of hydrogen-bond acceptors (Lipinski definition) is 4. The molecule has 0 spiro atoms. The van der Waals surface area contributed by atoms with Crippen LogP contribution in [0.3, 0.4) is 0 Å². The van der Waals surface area contributed by atoms with E-state index in [1.54, 1.807) is 4.68 Å². The van der Waals surface area contributed by atoms with Crippen LogP contribution in [0.15, 0.2) is 28.7 Å². The lowest BCUT2D eigenvalue weighted by Gasteiger charge is -2.08. The van der Waals surface area contributed by atoms with Crippen LogP contribution in [0.2, 0.25) is 0 Å². The Bertz CT molecular complexity index is 784. The molecule has 0 bridgehead atoms. The average molecular weight is 421 g/mol. The van der Waals surface area contributed by atoms with E-state index in [2.05, 4.69) is 31.6 Å². The number of benzene rings is 1. The summed E-state index contributed by atoms with van der Waals surface area (Å²) >= 11 is 3.42. The number of aromatic nitrogens is 3. The molecule has 8 heteroatoms. The fourth-order valence-corrected chi connectivity index (χ4v) is 3.07. The highest BCUT2D eigenvalue weighted by Gasteiger charge is 2.34. The number of unbranched alkanes of at least 4 members (excludes halogenated alkanes) is 2. The van der Waals surface area contributed by atoms with Crippen molar-refractivity contribution in [2.45, 2.75) is 44.4 Å².